The van der Waals surface area contributed by atoms with E-state index in [9.17, 15) is 14.4 Å². The summed E-state index contributed by atoms with van der Waals surface area (Å²) in [7, 11) is 1.59. The van der Waals surface area contributed by atoms with Gasteiger partial charge in [0.25, 0.3) is 5.91 Å². The van der Waals surface area contributed by atoms with Gasteiger partial charge in [0, 0.05) is 7.05 Å². The van der Waals surface area contributed by atoms with E-state index in [1.165, 1.54) is 16.2 Å². The smallest absolute Gasteiger partial charge is 0.319 e. The van der Waals surface area contributed by atoms with Gasteiger partial charge in [-0.25, -0.2) is 9.78 Å². The molecule has 0 aliphatic carbocycles. The molecular formula is C20H18N4O3S. The monoisotopic (exact) mass is 394 g/mol. The van der Waals surface area contributed by atoms with Gasteiger partial charge in [0.1, 0.15) is 12.1 Å². The van der Waals surface area contributed by atoms with E-state index >= 15 is 0 Å². The number of carbonyl (C=O) groups excluding carboxylic acids is 3. The summed E-state index contributed by atoms with van der Waals surface area (Å²) in [4.78, 5) is 44.9. The third kappa shape index (κ3) is 2.91. The van der Waals surface area contributed by atoms with Crippen LogP contribution in [-0.4, -0.2) is 41.3 Å². The molecule has 1 saturated heterocycles. The summed E-state index contributed by atoms with van der Waals surface area (Å²) in [5.74, 6) is -0.838. The van der Waals surface area contributed by atoms with Crippen LogP contribution < -0.4 is 10.2 Å². The largest absolute Gasteiger partial charge is 0.325 e. The first-order valence-corrected chi connectivity index (χ1v) is 9.53. The molecule has 0 bridgehead atoms. The minimum atomic E-state index is -1.19. The van der Waals surface area contributed by atoms with Crippen LogP contribution in [0.3, 0.4) is 0 Å². The summed E-state index contributed by atoms with van der Waals surface area (Å²) in [6, 6.07) is 16.0. The number of likely N-dealkylation sites (N-methyl/N-ethyl adjacent to an activating group) is 1. The second-order valence-corrected chi connectivity index (χ2v) is 7.74. The quantitative estimate of drug-likeness (QED) is 0.690. The molecule has 4 rings (SSSR count). The molecule has 28 heavy (non-hydrogen) atoms. The number of imide groups is 1. The molecular weight excluding hydrogens is 376 g/mol. The Kier molecular flexibility index (Phi) is 4.35. The second-order valence-electron chi connectivity index (χ2n) is 6.73. The molecule has 0 radical (unpaired) electrons. The fourth-order valence-electron chi connectivity index (χ4n) is 3.16. The fourth-order valence-corrected chi connectivity index (χ4v) is 4.10. The highest BCUT2D eigenvalue weighted by Crippen LogP contribution is 2.30. The molecule has 8 heteroatoms. The number of benzene rings is 2. The molecule has 7 nitrogen and oxygen atoms in total. The lowest BCUT2D eigenvalue weighted by Crippen LogP contribution is -2.43. The molecule has 2 aromatic carbocycles. The van der Waals surface area contributed by atoms with Crippen LogP contribution in [0.2, 0.25) is 0 Å². The Hall–Kier alpha value is -3.26. The van der Waals surface area contributed by atoms with Crippen molar-refractivity contribution in [3.8, 4) is 0 Å². The SMILES string of the molecule is CN(C(=O)CN1C(=O)NC(C)(c2ccccc2)C1=O)c1nc2ccccc2s1. The van der Waals surface area contributed by atoms with Gasteiger partial charge in [-0.2, -0.15) is 0 Å². The Morgan fingerprint density at radius 2 is 1.82 bits per heavy atom. The lowest BCUT2D eigenvalue weighted by molar-refractivity contribution is -0.134. The number of urea groups is 1. The maximum Gasteiger partial charge on any atom is 0.325 e. The van der Waals surface area contributed by atoms with Gasteiger partial charge >= 0.3 is 6.03 Å². The molecule has 3 aromatic rings. The van der Waals surface area contributed by atoms with E-state index < -0.39 is 17.5 Å². The third-order valence-corrected chi connectivity index (χ3v) is 5.98. The molecule has 1 aromatic heterocycles. The predicted octanol–water partition coefficient (Wildman–Crippen LogP) is 2.73. The van der Waals surface area contributed by atoms with Crippen molar-refractivity contribution >= 4 is 44.5 Å². The highest BCUT2D eigenvalue weighted by Gasteiger charge is 2.49. The number of aromatic nitrogens is 1. The molecule has 1 unspecified atom stereocenters. The highest BCUT2D eigenvalue weighted by atomic mass is 32.1. The predicted molar refractivity (Wildman–Crippen MR) is 107 cm³/mol. The van der Waals surface area contributed by atoms with Crippen molar-refractivity contribution in [1.29, 1.82) is 0 Å². The van der Waals surface area contributed by atoms with Crippen LogP contribution in [0.15, 0.2) is 54.6 Å². The van der Waals surface area contributed by atoms with Crippen LogP contribution in [0.4, 0.5) is 9.93 Å². The molecule has 0 spiro atoms. The van der Waals surface area contributed by atoms with E-state index in [4.69, 9.17) is 0 Å². The van der Waals surface area contributed by atoms with Gasteiger partial charge in [-0.05, 0) is 24.6 Å². The number of anilines is 1. The molecule has 1 aliphatic rings. The third-order valence-electron chi connectivity index (χ3n) is 4.86. The molecule has 1 N–H and O–H groups in total. The highest BCUT2D eigenvalue weighted by molar-refractivity contribution is 7.22. The Labute approximate surface area is 165 Å². The van der Waals surface area contributed by atoms with Gasteiger partial charge in [0.15, 0.2) is 5.13 Å². The van der Waals surface area contributed by atoms with Crippen LogP contribution in [0.5, 0.6) is 0 Å². The number of hydrogen-bond acceptors (Lipinski definition) is 5. The molecule has 1 fully saturated rings. The van der Waals surface area contributed by atoms with Gasteiger partial charge in [-0.3, -0.25) is 19.4 Å². The summed E-state index contributed by atoms with van der Waals surface area (Å²) in [5, 5.41) is 3.22. The molecule has 4 amide bonds. The van der Waals surface area contributed by atoms with Gasteiger partial charge in [-0.1, -0.05) is 53.8 Å². The van der Waals surface area contributed by atoms with Crippen LogP contribution in [0.1, 0.15) is 12.5 Å². The first-order chi connectivity index (χ1) is 13.4. The minimum Gasteiger partial charge on any atom is -0.319 e. The molecule has 1 atom stereocenters. The van der Waals surface area contributed by atoms with E-state index in [-0.39, 0.29) is 12.5 Å². The molecule has 1 aliphatic heterocycles. The zero-order valence-electron chi connectivity index (χ0n) is 15.4. The van der Waals surface area contributed by atoms with E-state index in [1.54, 1.807) is 38.2 Å². The fraction of sp³-hybridized carbons (Fsp3) is 0.200. The summed E-state index contributed by atoms with van der Waals surface area (Å²) >= 11 is 1.38. The van der Waals surface area contributed by atoms with Crippen molar-refractivity contribution in [3.63, 3.8) is 0 Å². The minimum absolute atomic E-state index is 0.348. The number of rotatable bonds is 4. The van der Waals surface area contributed by atoms with Gasteiger partial charge < -0.3 is 5.32 Å². The summed E-state index contributed by atoms with van der Waals surface area (Å²) in [5.41, 5.74) is 0.282. The van der Waals surface area contributed by atoms with Crippen molar-refractivity contribution in [2.45, 2.75) is 12.5 Å². The average molecular weight is 394 g/mol. The number of fused-ring (bicyclic) bond motifs is 1. The molecule has 2 heterocycles. The van der Waals surface area contributed by atoms with Crippen molar-refractivity contribution in [2.75, 3.05) is 18.5 Å². The molecule has 0 saturated carbocycles. The normalized spacial score (nSPS) is 19.1. The Bertz CT molecular complexity index is 1050. The lowest BCUT2D eigenvalue weighted by Gasteiger charge is -2.22. The standard InChI is InChI=1S/C20H18N4O3S/c1-20(13-8-4-3-5-9-13)17(26)24(18(27)22-20)12-16(25)23(2)19-21-14-10-6-7-11-15(14)28-19/h3-11H,12H2,1-2H3,(H,22,27). The number of amides is 4. The van der Waals surface area contributed by atoms with Crippen molar-refractivity contribution in [3.05, 3.63) is 60.2 Å². The van der Waals surface area contributed by atoms with Crippen molar-refractivity contribution in [2.24, 2.45) is 0 Å². The van der Waals surface area contributed by atoms with Crippen LogP contribution in [0.25, 0.3) is 10.2 Å². The summed E-state index contributed by atoms with van der Waals surface area (Å²) in [6.07, 6.45) is 0. The number of nitrogens with one attached hydrogen (secondary N) is 1. The van der Waals surface area contributed by atoms with Crippen molar-refractivity contribution in [1.82, 2.24) is 15.2 Å². The number of para-hydroxylation sites is 1. The Morgan fingerprint density at radius 3 is 2.54 bits per heavy atom. The summed E-state index contributed by atoms with van der Waals surface area (Å²) < 4.78 is 0.962. The van der Waals surface area contributed by atoms with E-state index in [2.05, 4.69) is 10.3 Å². The van der Waals surface area contributed by atoms with Gasteiger partial charge in [0.05, 0.1) is 10.2 Å². The van der Waals surface area contributed by atoms with Crippen LogP contribution in [-0.2, 0) is 15.1 Å². The summed E-state index contributed by atoms with van der Waals surface area (Å²) in [6.45, 7) is 1.30. The zero-order chi connectivity index (χ0) is 19.9. The van der Waals surface area contributed by atoms with Gasteiger partial charge in [-0.15, -0.1) is 0 Å². The topological polar surface area (TPSA) is 82.6 Å². The average Bonchev–Trinajstić information content (AvgIpc) is 3.23. The van der Waals surface area contributed by atoms with E-state index in [0.717, 1.165) is 15.1 Å². The number of hydrogen-bond donors (Lipinski definition) is 1. The maximum atomic E-state index is 12.9. The number of carbonyl (C=O) groups is 3. The first kappa shape index (κ1) is 18.1. The van der Waals surface area contributed by atoms with E-state index in [0.29, 0.717) is 10.7 Å². The number of nitrogens with zero attached hydrogens (tertiary/aromatic N) is 3. The Morgan fingerprint density at radius 1 is 1.14 bits per heavy atom. The lowest BCUT2D eigenvalue weighted by atomic mass is 9.92. The Balaban J connectivity index is 1.54. The van der Waals surface area contributed by atoms with Crippen LogP contribution in [0, 0.1) is 0 Å². The van der Waals surface area contributed by atoms with Crippen LogP contribution >= 0.6 is 11.3 Å². The second kappa shape index (κ2) is 6.72. The van der Waals surface area contributed by atoms with Crippen molar-refractivity contribution < 1.29 is 14.4 Å². The number of thiazole rings is 1. The van der Waals surface area contributed by atoms with E-state index in [1.807, 2.05) is 30.3 Å². The van der Waals surface area contributed by atoms with Gasteiger partial charge in [0.2, 0.25) is 5.91 Å². The zero-order valence-corrected chi connectivity index (χ0v) is 16.2. The maximum absolute atomic E-state index is 12.9. The first-order valence-electron chi connectivity index (χ1n) is 8.72. The molecule has 142 valence electrons.